The highest BCUT2D eigenvalue weighted by Crippen LogP contribution is 2.28. The first-order valence-corrected chi connectivity index (χ1v) is 10.3. The zero-order chi connectivity index (χ0) is 19.3. The average Bonchev–Trinajstić information content (AvgIpc) is 3.07. The maximum absolute atomic E-state index is 12.4. The first kappa shape index (κ1) is 18.5. The lowest BCUT2D eigenvalue weighted by Gasteiger charge is -2.17. The number of carbonyl (C=O) groups is 1. The minimum absolute atomic E-state index is 0.00543. The molecular weight excluding hydrogens is 344 g/mol. The van der Waals surface area contributed by atoms with Crippen molar-refractivity contribution in [2.45, 2.75) is 45.4 Å². The Kier molecular flexibility index (Phi) is 5.61. The van der Waals surface area contributed by atoms with Crippen LogP contribution < -0.4 is 5.32 Å². The summed E-state index contributed by atoms with van der Waals surface area (Å²) in [5.41, 5.74) is 7.41. The molecule has 0 unspecified atom stereocenters. The second-order valence-corrected chi connectivity index (χ2v) is 7.69. The number of rotatable bonds is 6. The van der Waals surface area contributed by atoms with E-state index in [2.05, 4.69) is 59.3 Å². The quantitative estimate of drug-likeness (QED) is 0.605. The SMILES string of the molecule is Cc1cc2c(n1-c1ccc(C(=O)NCCCc3ccccc3)cc1)CCCC2. The molecule has 1 heterocycles. The molecule has 0 aliphatic heterocycles. The fourth-order valence-corrected chi connectivity index (χ4v) is 4.22. The normalized spacial score (nSPS) is 13.2. The average molecular weight is 373 g/mol. The summed E-state index contributed by atoms with van der Waals surface area (Å²) in [7, 11) is 0. The van der Waals surface area contributed by atoms with Crippen molar-refractivity contribution in [1.82, 2.24) is 9.88 Å². The van der Waals surface area contributed by atoms with Gasteiger partial charge in [-0.15, -0.1) is 0 Å². The van der Waals surface area contributed by atoms with Crippen molar-refractivity contribution in [3.63, 3.8) is 0 Å². The molecule has 0 radical (unpaired) electrons. The minimum atomic E-state index is 0.00543. The molecule has 0 spiro atoms. The predicted molar refractivity (Wildman–Crippen MR) is 114 cm³/mol. The molecule has 1 aliphatic carbocycles. The van der Waals surface area contributed by atoms with Crippen LogP contribution in [0.25, 0.3) is 5.69 Å². The van der Waals surface area contributed by atoms with E-state index in [0.717, 1.165) is 30.5 Å². The molecule has 2 aromatic carbocycles. The summed E-state index contributed by atoms with van der Waals surface area (Å²) in [6.45, 7) is 2.87. The summed E-state index contributed by atoms with van der Waals surface area (Å²) in [6, 6.07) is 20.7. The van der Waals surface area contributed by atoms with Crippen molar-refractivity contribution in [3.05, 3.63) is 88.7 Å². The summed E-state index contributed by atoms with van der Waals surface area (Å²) in [5.74, 6) is 0.00543. The van der Waals surface area contributed by atoms with Crippen LogP contribution in [-0.2, 0) is 19.3 Å². The number of amides is 1. The number of fused-ring (bicyclic) bond motifs is 1. The molecule has 144 valence electrons. The van der Waals surface area contributed by atoms with Crippen molar-refractivity contribution in [2.24, 2.45) is 0 Å². The number of carbonyl (C=O) groups excluding carboxylic acids is 1. The second kappa shape index (κ2) is 8.47. The van der Waals surface area contributed by atoms with Gasteiger partial charge in [-0.1, -0.05) is 30.3 Å². The van der Waals surface area contributed by atoms with E-state index in [1.54, 1.807) is 0 Å². The van der Waals surface area contributed by atoms with Crippen LogP contribution in [0.5, 0.6) is 0 Å². The fourth-order valence-electron chi connectivity index (χ4n) is 4.22. The largest absolute Gasteiger partial charge is 0.352 e. The van der Waals surface area contributed by atoms with E-state index in [4.69, 9.17) is 0 Å². The molecule has 0 bridgehead atoms. The molecule has 3 nitrogen and oxygen atoms in total. The molecule has 0 atom stereocenters. The van der Waals surface area contributed by atoms with Crippen LogP contribution in [0.15, 0.2) is 60.7 Å². The van der Waals surface area contributed by atoms with Crippen molar-refractivity contribution in [1.29, 1.82) is 0 Å². The van der Waals surface area contributed by atoms with Gasteiger partial charge < -0.3 is 9.88 Å². The Hall–Kier alpha value is -2.81. The standard InChI is InChI=1S/C25H28N2O/c1-19-18-22-11-5-6-12-24(22)27(19)23-15-13-21(14-16-23)25(28)26-17-7-10-20-8-3-2-4-9-20/h2-4,8-9,13-16,18H,5-7,10-12,17H2,1H3,(H,26,28). The van der Waals surface area contributed by atoms with E-state index in [0.29, 0.717) is 6.54 Å². The molecule has 0 saturated heterocycles. The summed E-state index contributed by atoms with van der Waals surface area (Å²) in [5, 5.41) is 3.04. The Labute approximate surface area is 167 Å². The first-order chi connectivity index (χ1) is 13.7. The van der Waals surface area contributed by atoms with Crippen molar-refractivity contribution < 1.29 is 4.79 Å². The lowest BCUT2D eigenvalue weighted by molar-refractivity contribution is 0.0953. The van der Waals surface area contributed by atoms with Gasteiger partial charge in [-0.2, -0.15) is 0 Å². The minimum Gasteiger partial charge on any atom is -0.352 e. The maximum atomic E-state index is 12.4. The fraction of sp³-hybridized carbons (Fsp3) is 0.320. The highest BCUT2D eigenvalue weighted by atomic mass is 16.1. The van der Waals surface area contributed by atoms with Crippen LogP contribution in [0.2, 0.25) is 0 Å². The predicted octanol–water partition coefficient (Wildman–Crippen LogP) is 5.03. The zero-order valence-corrected chi connectivity index (χ0v) is 16.6. The van der Waals surface area contributed by atoms with E-state index >= 15 is 0 Å². The van der Waals surface area contributed by atoms with Crippen molar-refractivity contribution >= 4 is 5.91 Å². The van der Waals surface area contributed by atoms with Gasteiger partial charge in [0.1, 0.15) is 0 Å². The smallest absolute Gasteiger partial charge is 0.251 e. The molecule has 28 heavy (non-hydrogen) atoms. The van der Waals surface area contributed by atoms with E-state index in [9.17, 15) is 4.79 Å². The zero-order valence-electron chi connectivity index (χ0n) is 16.6. The highest BCUT2D eigenvalue weighted by molar-refractivity contribution is 5.94. The molecule has 0 fully saturated rings. The molecule has 0 saturated carbocycles. The Morgan fingerprint density at radius 3 is 2.54 bits per heavy atom. The van der Waals surface area contributed by atoms with Crippen LogP contribution in [0.3, 0.4) is 0 Å². The number of nitrogens with one attached hydrogen (secondary N) is 1. The van der Waals surface area contributed by atoms with Gasteiger partial charge in [-0.05, 0) is 86.9 Å². The Morgan fingerprint density at radius 2 is 1.75 bits per heavy atom. The van der Waals surface area contributed by atoms with Crippen LogP contribution in [-0.4, -0.2) is 17.0 Å². The number of aromatic nitrogens is 1. The topological polar surface area (TPSA) is 34.0 Å². The Morgan fingerprint density at radius 1 is 1.00 bits per heavy atom. The molecule has 3 aromatic rings. The van der Waals surface area contributed by atoms with E-state index < -0.39 is 0 Å². The molecule has 1 N–H and O–H groups in total. The first-order valence-electron chi connectivity index (χ1n) is 10.3. The highest BCUT2D eigenvalue weighted by Gasteiger charge is 2.17. The van der Waals surface area contributed by atoms with Crippen molar-refractivity contribution in [3.8, 4) is 5.69 Å². The lowest BCUT2D eigenvalue weighted by Crippen LogP contribution is -2.24. The van der Waals surface area contributed by atoms with Gasteiger partial charge in [-0.25, -0.2) is 0 Å². The summed E-state index contributed by atoms with van der Waals surface area (Å²) in [6.07, 6.45) is 6.82. The molecular formula is C25H28N2O. The van der Waals surface area contributed by atoms with Crippen molar-refractivity contribution in [2.75, 3.05) is 6.54 Å². The monoisotopic (exact) mass is 372 g/mol. The van der Waals surface area contributed by atoms with E-state index in [1.165, 1.54) is 41.8 Å². The molecule has 1 aromatic heterocycles. The summed E-state index contributed by atoms with van der Waals surface area (Å²) in [4.78, 5) is 12.4. The molecule has 4 rings (SSSR count). The van der Waals surface area contributed by atoms with Gasteiger partial charge in [-0.3, -0.25) is 4.79 Å². The van der Waals surface area contributed by atoms with Gasteiger partial charge in [0.05, 0.1) is 0 Å². The molecule has 1 aliphatic rings. The Balaban J connectivity index is 1.37. The van der Waals surface area contributed by atoms with Crippen LogP contribution >= 0.6 is 0 Å². The third-order valence-corrected chi connectivity index (χ3v) is 5.64. The molecule has 1 amide bonds. The maximum Gasteiger partial charge on any atom is 0.251 e. The number of aryl methyl sites for hydroxylation is 3. The number of hydrogen-bond donors (Lipinski definition) is 1. The summed E-state index contributed by atoms with van der Waals surface area (Å²) >= 11 is 0. The van der Waals surface area contributed by atoms with E-state index in [-0.39, 0.29) is 5.91 Å². The Bertz CT molecular complexity index is 939. The van der Waals surface area contributed by atoms with Gasteiger partial charge in [0.15, 0.2) is 0 Å². The van der Waals surface area contributed by atoms with Gasteiger partial charge >= 0.3 is 0 Å². The van der Waals surface area contributed by atoms with Crippen LogP contribution in [0, 0.1) is 6.92 Å². The van der Waals surface area contributed by atoms with Gasteiger partial charge in [0.25, 0.3) is 5.91 Å². The van der Waals surface area contributed by atoms with E-state index in [1.807, 2.05) is 18.2 Å². The number of benzene rings is 2. The van der Waals surface area contributed by atoms with Crippen LogP contribution in [0.1, 0.15) is 52.1 Å². The number of nitrogens with zero attached hydrogens (tertiary/aromatic N) is 1. The second-order valence-electron chi connectivity index (χ2n) is 7.69. The third-order valence-electron chi connectivity index (χ3n) is 5.64. The number of hydrogen-bond acceptors (Lipinski definition) is 1. The third kappa shape index (κ3) is 4.04. The lowest BCUT2D eigenvalue weighted by atomic mass is 9.98. The van der Waals surface area contributed by atoms with Crippen LogP contribution in [0.4, 0.5) is 0 Å². The van der Waals surface area contributed by atoms with Gasteiger partial charge in [0, 0.05) is 29.2 Å². The van der Waals surface area contributed by atoms with Gasteiger partial charge in [0.2, 0.25) is 0 Å². The summed E-state index contributed by atoms with van der Waals surface area (Å²) < 4.78 is 2.36. The molecule has 3 heteroatoms.